The fourth-order valence-electron chi connectivity index (χ4n) is 3.97. The third-order valence-corrected chi connectivity index (χ3v) is 5.90. The van der Waals surface area contributed by atoms with Crippen LogP contribution in [0.3, 0.4) is 0 Å². The number of nitrogens with one attached hydrogen (secondary N) is 1. The molecule has 0 aliphatic heterocycles. The summed E-state index contributed by atoms with van der Waals surface area (Å²) in [6.45, 7) is 0. The normalized spacial score (nSPS) is 10.6. The molecule has 0 unspecified atom stereocenters. The molecule has 5 rings (SSSR count). The van der Waals surface area contributed by atoms with Gasteiger partial charge in [0.15, 0.2) is 0 Å². The maximum atomic E-state index is 3.50. The molecule has 0 spiro atoms. The summed E-state index contributed by atoms with van der Waals surface area (Å²) in [5.74, 6) is 0. The Hall–Kier alpha value is -4.30. The third-order valence-electron chi connectivity index (χ3n) is 5.90. The quantitative estimate of drug-likeness (QED) is 0.293. The van der Waals surface area contributed by atoms with Gasteiger partial charge in [-0.15, -0.1) is 0 Å². The Labute approximate surface area is 195 Å². The summed E-state index contributed by atoms with van der Waals surface area (Å²) < 4.78 is 0. The zero-order chi connectivity index (χ0) is 22.5. The Balaban J connectivity index is 1.25. The smallest absolute Gasteiger partial charge is 0.0409 e. The summed E-state index contributed by atoms with van der Waals surface area (Å²) >= 11 is 0. The fraction of sp³-hybridized carbons (Fsp3) is 0.0323. The average molecular weight is 427 g/mol. The average Bonchev–Trinajstić information content (AvgIpc) is 2.90. The molecule has 33 heavy (non-hydrogen) atoms. The highest BCUT2D eigenvalue weighted by molar-refractivity contribution is 5.72. The maximum Gasteiger partial charge on any atom is 0.0409 e. The van der Waals surface area contributed by atoms with Gasteiger partial charge in [-0.3, -0.25) is 0 Å². The van der Waals surface area contributed by atoms with Crippen LogP contribution >= 0.6 is 0 Å². The molecular formula is C31H26N2. The zero-order valence-corrected chi connectivity index (χ0v) is 18.6. The first-order valence-electron chi connectivity index (χ1n) is 11.2. The van der Waals surface area contributed by atoms with Gasteiger partial charge >= 0.3 is 0 Å². The van der Waals surface area contributed by atoms with Crippen LogP contribution in [0.5, 0.6) is 0 Å². The molecule has 0 heterocycles. The molecule has 0 aliphatic rings. The van der Waals surface area contributed by atoms with Gasteiger partial charge in [-0.2, -0.15) is 0 Å². The van der Waals surface area contributed by atoms with E-state index in [1.807, 2.05) is 12.1 Å². The minimum atomic E-state index is 1.07. The van der Waals surface area contributed by atoms with Crippen molar-refractivity contribution < 1.29 is 0 Å². The van der Waals surface area contributed by atoms with Crippen LogP contribution < -0.4 is 10.2 Å². The van der Waals surface area contributed by atoms with Crippen molar-refractivity contribution in [2.75, 3.05) is 17.3 Å². The van der Waals surface area contributed by atoms with E-state index in [2.05, 4.69) is 139 Å². The molecule has 0 bridgehead atoms. The van der Waals surface area contributed by atoms with Crippen LogP contribution in [0.4, 0.5) is 22.7 Å². The number of rotatable bonds is 6. The van der Waals surface area contributed by atoms with Crippen LogP contribution in [0.25, 0.3) is 22.3 Å². The first kappa shape index (κ1) is 20.6. The lowest BCUT2D eigenvalue weighted by Gasteiger charge is -2.20. The summed E-state index contributed by atoms with van der Waals surface area (Å²) in [7, 11) is 2.10. The van der Waals surface area contributed by atoms with Gasteiger partial charge in [0, 0.05) is 29.8 Å². The van der Waals surface area contributed by atoms with Crippen LogP contribution in [-0.4, -0.2) is 7.05 Å². The number of hydrogen-bond acceptors (Lipinski definition) is 2. The van der Waals surface area contributed by atoms with Crippen LogP contribution in [0.2, 0.25) is 0 Å². The van der Waals surface area contributed by atoms with Crippen molar-refractivity contribution in [2.24, 2.45) is 0 Å². The molecule has 5 aromatic rings. The van der Waals surface area contributed by atoms with E-state index in [4.69, 9.17) is 0 Å². The SMILES string of the molecule is CN(c1ccc(Nc2ccc(-c3ccccc3)cc2)cc1)c1ccc(-c2ccccc2)cc1. The molecule has 0 atom stereocenters. The van der Waals surface area contributed by atoms with Crippen molar-refractivity contribution in [1.82, 2.24) is 0 Å². The van der Waals surface area contributed by atoms with Crippen LogP contribution in [0, 0.1) is 0 Å². The van der Waals surface area contributed by atoms with Crippen molar-refractivity contribution in [1.29, 1.82) is 0 Å². The number of benzene rings is 5. The van der Waals surface area contributed by atoms with E-state index in [1.54, 1.807) is 0 Å². The summed E-state index contributed by atoms with van der Waals surface area (Å²) in [4.78, 5) is 2.20. The molecule has 2 nitrogen and oxygen atoms in total. The summed E-state index contributed by atoms with van der Waals surface area (Å²) in [6, 6.07) is 46.7. The second kappa shape index (κ2) is 9.46. The van der Waals surface area contributed by atoms with Gasteiger partial charge in [-0.05, 0) is 70.8 Å². The minimum absolute atomic E-state index is 1.07. The summed E-state index contributed by atoms with van der Waals surface area (Å²) in [5.41, 5.74) is 9.36. The van der Waals surface area contributed by atoms with Gasteiger partial charge in [-0.1, -0.05) is 84.9 Å². The van der Waals surface area contributed by atoms with Gasteiger partial charge in [0.05, 0.1) is 0 Å². The number of hydrogen-bond donors (Lipinski definition) is 1. The third kappa shape index (κ3) is 4.81. The van der Waals surface area contributed by atoms with Crippen LogP contribution in [0.1, 0.15) is 0 Å². The Bertz CT molecular complexity index is 1290. The standard InChI is InChI=1S/C31H26N2/c1-33(30-20-14-27(15-21-30)25-10-6-3-7-11-25)31-22-18-29(19-23-31)32-28-16-12-26(13-17-28)24-8-4-2-5-9-24/h2-23,32H,1H3. The number of anilines is 4. The predicted octanol–water partition coefficient (Wildman–Crippen LogP) is 8.53. The lowest BCUT2D eigenvalue weighted by atomic mass is 10.1. The Morgan fingerprint density at radius 2 is 0.727 bits per heavy atom. The molecule has 2 heteroatoms. The topological polar surface area (TPSA) is 15.3 Å². The lowest BCUT2D eigenvalue weighted by molar-refractivity contribution is 1.21. The van der Waals surface area contributed by atoms with E-state index in [0.29, 0.717) is 0 Å². The second-order valence-electron chi connectivity index (χ2n) is 8.09. The fourth-order valence-corrected chi connectivity index (χ4v) is 3.97. The van der Waals surface area contributed by atoms with Crippen molar-refractivity contribution in [3.05, 3.63) is 133 Å². The van der Waals surface area contributed by atoms with Gasteiger partial charge < -0.3 is 10.2 Å². The zero-order valence-electron chi connectivity index (χ0n) is 18.6. The van der Waals surface area contributed by atoms with Crippen molar-refractivity contribution in [2.45, 2.75) is 0 Å². The van der Waals surface area contributed by atoms with Gasteiger partial charge in [-0.25, -0.2) is 0 Å². The van der Waals surface area contributed by atoms with E-state index >= 15 is 0 Å². The lowest BCUT2D eigenvalue weighted by Crippen LogP contribution is -2.09. The molecular weight excluding hydrogens is 400 g/mol. The molecule has 5 aromatic carbocycles. The Morgan fingerprint density at radius 1 is 0.394 bits per heavy atom. The molecule has 0 aliphatic carbocycles. The Morgan fingerprint density at radius 3 is 1.18 bits per heavy atom. The van der Waals surface area contributed by atoms with Gasteiger partial charge in [0.2, 0.25) is 0 Å². The molecule has 0 radical (unpaired) electrons. The molecule has 1 N–H and O–H groups in total. The van der Waals surface area contributed by atoms with Crippen LogP contribution in [-0.2, 0) is 0 Å². The monoisotopic (exact) mass is 426 g/mol. The largest absolute Gasteiger partial charge is 0.356 e. The van der Waals surface area contributed by atoms with Crippen molar-refractivity contribution in [3.63, 3.8) is 0 Å². The predicted molar refractivity (Wildman–Crippen MR) is 142 cm³/mol. The first-order valence-corrected chi connectivity index (χ1v) is 11.2. The Kier molecular flexibility index (Phi) is 5.90. The van der Waals surface area contributed by atoms with E-state index in [9.17, 15) is 0 Å². The van der Waals surface area contributed by atoms with E-state index in [0.717, 1.165) is 22.7 Å². The van der Waals surface area contributed by atoms with E-state index < -0.39 is 0 Å². The summed E-state index contributed by atoms with van der Waals surface area (Å²) in [6.07, 6.45) is 0. The molecule has 0 saturated heterocycles. The molecule has 0 amide bonds. The van der Waals surface area contributed by atoms with E-state index in [-0.39, 0.29) is 0 Å². The van der Waals surface area contributed by atoms with Crippen molar-refractivity contribution >= 4 is 22.7 Å². The van der Waals surface area contributed by atoms with Crippen molar-refractivity contribution in [3.8, 4) is 22.3 Å². The number of nitrogens with zero attached hydrogens (tertiary/aromatic N) is 1. The van der Waals surface area contributed by atoms with Crippen LogP contribution in [0.15, 0.2) is 133 Å². The minimum Gasteiger partial charge on any atom is -0.356 e. The highest BCUT2D eigenvalue weighted by atomic mass is 15.1. The first-order chi connectivity index (χ1) is 16.3. The van der Waals surface area contributed by atoms with Gasteiger partial charge in [0.25, 0.3) is 0 Å². The molecule has 0 fully saturated rings. The molecule has 0 saturated carbocycles. The van der Waals surface area contributed by atoms with E-state index in [1.165, 1.54) is 22.3 Å². The van der Waals surface area contributed by atoms with Gasteiger partial charge in [0.1, 0.15) is 0 Å². The summed E-state index contributed by atoms with van der Waals surface area (Å²) in [5, 5.41) is 3.50. The highest BCUT2D eigenvalue weighted by Crippen LogP contribution is 2.29. The highest BCUT2D eigenvalue weighted by Gasteiger charge is 2.06. The second-order valence-corrected chi connectivity index (χ2v) is 8.09. The maximum absolute atomic E-state index is 3.50. The molecule has 0 aromatic heterocycles. The molecule has 160 valence electrons.